The van der Waals surface area contributed by atoms with E-state index in [0.29, 0.717) is 16.5 Å². The number of rotatable bonds is 5. The van der Waals surface area contributed by atoms with Gasteiger partial charge in [0, 0.05) is 6.04 Å². The predicted octanol–water partition coefficient (Wildman–Crippen LogP) is 3.67. The van der Waals surface area contributed by atoms with E-state index in [9.17, 15) is 4.79 Å². The van der Waals surface area contributed by atoms with Crippen LogP contribution in [0.15, 0.2) is 42.5 Å². The normalized spacial score (nSPS) is 12.0. The van der Waals surface area contributed by atoms with Crippen LogP contribution in [0.4, 0.5) is 0 Å². The number of nitrogens with one attached hydrogen (secondary N) is 1. The Morgan fingerprint density at radius 1 is 1.18 bits per heavy atom. The van der Waals surface area contributed by atoms with Crippen molar-refractivity contribution in [2.75, 3.05) is 6.54 Å². The summed E-state index contributed by atoms with van der Waals surface area (Å²) in [4.78, 5) is 11.4. The zero-order valence-electron chi connectivity index (χ0n) is 12.3. The van der Waals surface area contributed by atoms with E-state index in [2.05, 4.69) is 5.32 Å². The van der Waals surface area contributed by atoms with Gasteiger partial charge in [0.05, 0.1) is 16.6 Å². The highest BCUT2D eigenvalue weighted by atomic mass is 35.5. The molecule has 2 rings (SSSR count). The third-order valence-corrected chi connectivity index (χ3v) is 4.11. The maximum atomic E-state index is 11.4. The highest BCUT2D eigenvalue weighted by molar-refractivity contribution is 6.42. The molecule has 0 bridgehead atoms. The Hall–Kier alpha value is -1.55. The fourth-order valence-corrected chi connectivity index (χ4v) is 2.66. The molecule has 1 atom stereocenters. The van der Waals surface area contributed by atoms with Gasteiger partial charge >= 0.3 is 0 Å². The topological polar surface area (TPSA) is 55.1 Å². The van der Waals surface area contributed by atoms with E-state index in [1.165, 1.54) is 0 Å². The van der Waals surface area contributed by atoms with Gasteiger partial charge in [-0.05, 0) is 42.2 Å². The highest BCUT2D eigenvalue weighted by Crippen LogP contribution is 2.30. The second kappa shape index (κ2) is 7.63. The predicted molar refractivity (Wildman–Crippen MR) is 92.3 cm³/mol. The highest BCUT2D eigenvalue weighted by Gasteiger charge is 2.11. The van der Waals surface area contributed by atoms with Crippen LogP contribution >= 0.6 is 23.2 Å². The smallest absolute Gasteiger partial charge is 0.233 e. The van der Waals surface area contributed by atoms with E-state index in [0.717, 1.165) is 16.7 Å². The van der Waals surface area contributed by atoms with Gasteiger partial charge in [0.1, 0.15) is 0 Å². The first-order valence-electron chi connectivity index (χ1n) is 7.04. The monoisotopic (exact) mass is 336 g/mol. The Bertz CT molecular complexity index is 673. The summed E-state index contributed by atoms with van der Waals surface area (Å²) < 4.78 is 0. The molecule has 0 aromatic heterocycles. The second-order valence-electron chi connectivity index (χ2n) is 5.16. The van der Waals surface area contributed by atoms with Crippen LogP contribution in [0.5, 0.6) is 0 Å². The molecule has 22 heavy (non-hydrogen) atoms. The lowest BCUT2D eigenvalue weighted by Crippen LogP contribution is -2.38. The molecule has 0 spiro atoms. The first kappa shape index (κ1) is 16.8. The first-order chi connectivity index (χ1) is 10.5. The van der Waals surface area contributed by atoms with Crippen molar-refractivity contribution in [1.29, 1.82) is 0 Å². The maximum absolute atomic E-state index is 11.4. The van der Waals surface area contributed by atoms with Crippen LogP contribution in [0.3, 0.4) is 0 Å². The lowest BCUT2D eigenvalue weighted by Gasteiger charge is -2.16. The minimum atomic E-state index is -0.153. The molecule has 1 unspecified atom stereocenters. The molecule has 0 aliphatic heterocycles. The van der Waals surface area contributed by atoms with Gasteiger partial charge in [-0.3, -0.25) is 4.79 Å². The molecule has 0 aliphatic carbocycles. The molecule has 116 valence electrons. The van der Waals surface area contributed by atoms with Crippen LogP contribution in [0.1, 0.15) is 12.5 Å². The van der Waals surface area contributed by atoms with Crippen LogP contribution in [0.2, 0.25) is 10.0 Å². The third-order valence-electron chi connectivity index (χ3n) is 3.37. The zero-order chi connectivity index (χ0) is 16.1. The number of nitrogens with two attached hydrogens (primary N) is 1. The molecule has 5 heteroatoms. The molecular weight excluding hydrogens is 319 g/mol. The van der Waals surface area contributed by atoms with E-state index < -0.39 is 0 Å². The van der Waals surface area contributed by atoms with Crippen molar-refractivity contribution < 1.29 is 4.79 Å². The van der Waals surface area contributed by atoms with Crippen molar-refractivity contribution >= 4 is 29.1 Å². The van der Waals surface area contributed by atoms with Gasteiger partial charge in [0.25, 0.3) is 0 Å². The Balaban J connectivity index is 2.26. The molecule has 0 saturated carbocycles. The van der Waals surface area contributed by atoms with Gasteiger partial charge in [-0.2, -0.15) is 0 Å². The molecule has 2 aromatic carbocycles. The SMILES string of the molecule is CC(Cc1ccccc1-c1ccc(Cl)c(Cl)c1)NC(=O)CN. The number of carbonyl (C=O) groups is 1. The summed E-state index contributed by atoms with van der Waals surface area (Å²) in [5, 5.41) is 3.93. The lowest BCUT2D eigenvalue weighted by molar-refractivity contribution is -0.120. The second-order valence-corrected chi connectivity index (χ2v) is 5.98. The average molecular weight is 337 g/mol. The number of amides is 1. The summed E-state index contributed by atoms with van der Waals surface area (Å²) in [5.74, 6) is -0.153. The van der Waals surface area contributed by atoms with Crippen molar-refractivity contribution in [2.24, 2.45) is 5.73 Å². The number of halogens is 2. The van der Waals surface area contributed by atoms with Crippen LogP contribution in [-0.4, -0.2) is 18.5 Å². The van der Waals surface area contributed by atoms with E-state index >= 15 is 0 Å². The summed E-state index contributed by atoms with van der Waals surface area (Å²) >= 11 is 12.1. The van der Waals surface area contributed by atoms with Crippen LogP contribution < -0.4 is 11.1 Å². The Morgan fingerprint density at radius 2 is 1.91 bits per heavy atom. The van der Waals surface area contributed by atoms with E-state index in [-0.39, 0.29) is 18.5 Å². The van der Waals surface area contributed by atoms with Gasteiger partial charge in [-0.1, -0.05) is 53.5 Å². The van der Waals surface area contributed by atoms with E-state index in [1.54, 1.807) is 6.07 Å². The Labute approximate surface area is 140 Å². The lowest BCUT2D eigenvalue weighted by atomic mass is 9.95. The average Bonchev–Trinajstić information content (AvgIpc) is 2.50. The summed E-state index contributed by atoms with van der Waals surface area (Å²) in [6.07, 6.45) is 0.710. The molecule has 0 saturated heterocycles. The maximum Gasteiger partial charge on any atom is 0.233 e. The fraction of sp³-hybridized carbons (Fsp3) is 0.235. The molecule has 3 nitrogen and oxygen atoms in total. The molecule has 3 N–H and O–H groups in total. The Morgan fingerprint density at radius 3 is 2.59 bits per heavy atom. The largest absolute Gasteiger partial charge is 0.352 e. The molecule has 0 aliphatic rings. The fourth-order valence-electron chi connectivity index (χ4n) is 2.36. The van der Waals surface area contributed by atoms with Gasteiger partial charge in [0.2, 0.25) is 5.91 Å². The van der Waals surface area contributed by atoms with Crippen molar-refractivity contribution in [3.63, 3.8) is 0 Å². The summed E-state index contributed by atoms with van der Waals surface area (Å²) in [5.41, 5.74) is 8.54. The van der Waals surface area contributed by atoms with Gasteiger partial charge in [-0.25, -0.2) is 0 Å². The summed E-state index contributed by atoms with van der Waals surface area (Å²) in [6, 6.07) is 13.6. The summed E-state index contributed by atoms with van der Waals surface area (Å²) in [6.45, 7) is 1.96. The Kier molecular flexibility index (Phi) is 5.83. The van der Waals surface area contributed by atoms with Crippen LogP contribution in [0, 0.1) is 0 Å². The van der Waals surface area contributed by atoms with Gasteiger partial charge in [-0.15, -0.1) is 0 Å². The number of benzene rings is 2. The number of hydrogen-bond acceptors (Lipinski definition) is 2. The third kappa shape index (κ3) is 4.23. The minimum Gasteiger partial charge on any atom is -0.352 e. The van der Waals surface area contributed by atoms with Crippen molar-refractivity contribution in [1.82, 2.24) is 5.32 Å². The van der Waals surface area contributed by atoms with Crippen molar-refractivity contribution in [3.05, 3.63) is 58.1 Å². The molecular formula is C17H18Cl2N2O. The van der Waals surface area contributed by atoms with Crippen LogP contribution in [-0.2, 0) is 11.2 Å². The molecule has 2 aromatic rings. The van der Waals surface area contributed by atoms with Crippen molar-refractivity contribution in [2.45, 2.75) is 19.4 Å². The van der Waals surface area contributed by atoms with E-state index in [4.69, 9.17) is 28.9 Å². The van der Waals surface area contributed by atoms with Gasteiger partial charge in [0.15, 0.2) is 0 Å². The molecule has 0 heterocycles. The number of hydrogen-bond donors (Lipinski definition) is 2. The number of carbonyl (C=O) groups excluding carboxylic acids is 1. The molecule has 0 fully saturated rings. The van der Waals surface area contributed by atoms with Crippen LogP contribution in [0.25, 0.3) is 11.1 Å². The first-order valence-corrected chi connectivity index (χ1v) is 7.79. The standard InChI is InChI=1S/C17H18Cl2N2O/c1-11(21-17(22)10-20)8-12-4-2-3-5-14(12)13-6-7-15(18)16(19)9-13/h2-7,9,11H,8,10,20H2,1H3,(H,21,22). The zero-order valence-corrected chi connectivity index (χ0v) is 13.8. The quantitative estimate of drug-likeness (QED) is 0.875. The molecule has 1 amide bonds. The van der Waals surface area contributed by atoms with Gasteiger partial charge < -0.3 is 11.1 Å². The summed E-state index contributed by atoms with van der Waals surface area (Å²) in [7, 11) is 0. The minimum absolute atomic E-state index is 0.0000258. The molecule has 0 radical (unpaired) electrons. The van der Waals surface area contributed by atoms with E-state index in [1.807, 2.05) is 43.3 Å². The van der Waals surface area contributed by atoms with Crippen molar-refractivity contribution in [3.8, 4) is 11.1 Å².